The van der Waals surface area contributed by atoms with Gasteiger partial charge < -0.3 is 15.3 Å². The Bertz CT molecular complexity index is 446. The van der Waals surface area contributed by atoms with E-state index in [9.17, 15) is 9.50 Å². The zero-order valence-corrected chi connectivity index (χ0v) is 10.8. The molecule has 0 fully saturated rings. The molecule has 0 aliphatic carbocycles. The van der Waals surface area contributed by atoms with Gasteiger partial charge in [0.15, 0.2) is 5.96 Å². The van der Waals surface area contributed by atoms with Crippen molar-refractivity contribution in [2.45, 2.75) is 6.10 Å². The third-order valence-corrected chi connectivity index (χ3v) is 3.00. The number of benzene rings is 1. The van der Waals surface area contributed by atoms with E-state index in [0.29, 0.717) is 5.56 Å². The zero-order chi connectivity index (χ0) is 13.1. The number of hydrogen-bond donors (Lipinski definition) is 2. The molecule has 0 bridgehead atoms. The van der Waals surface area contributed by atoms with Crippen LogP contribution >= 0.6 is 11.6 Å². The monoisotopic (exact) mass is 271 g/mol. The Morgan fingerprint density at radius 1 is 1.56 bits per heavy atom. The van der Waals surface area contributed by atoms with Crippen molar-refractivity contribution in [1.29, 1.82) is 0 Å². The SMILES string of the molecule is CN1CCN=C1NCC(O)c1cc(F)cc(Cl)c1. The second-order valence-electron chi connectivity index (χ2n) is 4.23. The third kappa shape index (κ3) is 3.11. The molecule has 2 N–H and O–H groups in total. The minimum Gasteiger partial charge on any atom is -0.387 e. The van der Waals surface area contributed by atoms with Gasteiger partial charge in [0.1, 0.15) is 5.82 Å². The summed E-state index contributed by atoms with van der Waals surface area (Å²) in [7, 11) is 1.92. The van der Waals surface area contributed by atoms with Gasteiger partial charge in [-0.25, -0.2) is 4.39 Å². The molecule has 2 rings (SSSR count). The lowest BCUT2D eigenvalue weighted by Crippen LogP contribution is -2.37. The van der Waals surface area contributed by atoms with Crippen LogP contribution in [0.4, 0.5) is 4.39 Å². The number of guanidine groups is 1. The van der Waals surface area contributed by atoms with Gasteiger partial charge in [0.25, 0.3) is 0 Å². The van der Waals surface area contributed by atoms with Crippen LogP contribution in [0.5, 0.6) is 0 Å². The van der Waals surface area contributed by atoms with E-state index in [0.717, 1.165) is 19.0 Å². The van der Waals surface area contributed by atoms with Crippen molar-refractivity contribution >= 4 is 17.6 Å². The molecule has 1 heterocycles. The van der Waals surface area contributed by atoms with Crippen molar-refractivity contribution in [2.75, 3.05) is 26.7 Å². The fourth-order valence-corrected chi connectivity index (χ4v) is 2.03. The largest absolute Gasteiger partial charge is 0.387 e. The predicted octanol–water partition coefficient (Wildman–Crippen LogP) is 1.40. The number of rotatable bonds is 3. The number of aliphatic imine (C=N–C) groups is 1. The van der Waals surface area contributed by atoms with Gasteiger partial charge in [-0.3, -0.25) is 4.99 Å². The lowest BCUT2D eigenvalue weighted by atomic mass is 10.1. The van der Waals surface area contributed by atoms with E-state index in [4.69, 9.17) is 11.6 Å². The van der Waals surface area contributed by atoms with Gasteiger partial charge in [0, 0.05) is 25.2 Å². The molecule has 18 heavy (non-hydrogen) atoms. The van der Waals surface area contributed by atoms with E-state index in [1.807, 2.05) is 11.9 Å². The number of nitrogens with zero attached hydrogens (tertiary/aromatic N) is 2. The highest BCUT2D eigenvalue weighted by molar-refractivity contribution is 6.30. The molecular formula is C12H15ClFN3O. The molecule has 1 unspecified atom stereocenters. The van der Waals surface area contributed by atoms with Gasteiger partial charge in [-0.1, -0.05) is 11.6 Å². The Morgan fingerprint density at radius 2 is 2.33 bits per heavy atom. The van der Waals surface area contributed by atoms with Crippen LogP contribution in [0.25, 0.3) is 0 Å². The molecule has 1 atom stereocenters. The smallest absolute Gasteiger partial charge is 0.193 e. The third-order valence-electron chi connectivity index (χ3n) is 2.78. The van der Waals surface area contributed by atoms with Gasteiger partial charge in [-0.05, 0) is 23.8 Å². The maximum absolute atomic E-state index is 13.1. The summed E-state index contributed by atoms with van der Waals surface area (Å²) in [5.41, 5.74) is 0.453. The first kappa shape index (κ1) is 13.1. The highest BCUT2D eigenvalue weighted by Crippen LogP contribution is 2.19. The Kier molecular flexibility index (Phi) is 4.04. The van der Waals surface area contributed by atoms with Crippen molar-refractivity contribution in [3.8, 4) is 0 Å². The van der Waals surface area contributed by atoms with Gasteiger partial charge in [0.05, 0.1) is 12.6 Å². The quantitative estimate of drug-likeness (QED) is 0.874. The van der Waals surface area contributed by atoms with Crippen molar-refractivity contribution in [2.24, 2.45) is 4.99 Å². The van der Waals surface area contributed by atoms with Crippen LogP contribution in [0.2, 0.25) is 5.02 Å². The Balaban J connectivity index is 1.97. The zero-order valence-electron chi connectivity index (χ0n) is 10.0. The fourth-order valence-electron chi connectivity index (χ4n) is 1.80. The molecule has 0 amide bonds. The average molecular weight is 272 g/mol. The first-order valence-corrected chi connectivity index (χ1v) is 6.07. The molecule has 6 heteroatoms. The molecule has 1 aliphatic rings. The lowest BCUT2D eigenvalue weighted by molar-refractivity contribution is 0.179. The van der Waals surface area contributed by atoms with E-state index in [1.54, 1.807) is 6.07 Å². The second kappa shape index (κ2) is 5.54. The molecule has 0 saturated heterocycles. The molecule has 1 aromatic rings. The van der Waals surface area contributed by atoms with Crippen molar-refractivity contribution in [3.63, 3.8) is 0 Å². The molecule has 1 aliphatic heterocycles. The van der Waals surface area contributed by atoms with Crippen LogP contribution in [0.15, 0.2) is 23.2 Å². The summed E-state index contributed by atoms with van der Waals surface area (Å²) in [4.78, 5) is 6.20. The topological polar surface area (TPSA) is 47.9 Å². The first-order chi connectivity index (χ1) is 8.56. The number of nitrogens with one attached hydrogen (secondary N) is 1. The lowest BCUT2D eigenvalue weighted by Gasteiger charge is -2.18. The minimum atomic E-state index is -0.824. The number of halogens is 2. The highest BCUT2D eigenvalue weighted by Gasteiger charge is 2.15. The van der Waals surface area contributed by atoms with Gasteiger partial charge >= 0.3 is 0 Å². The van der Waals surface area contributed by atoms with Gasteiger partial charge in [-0.2, -0.15) is 0 Å². The van der Waals surface area contributed by atoms with E-state index < -0.39 is 11.9 Å². The van der Waals surface area contributed by atoms with Gasteiger partial charge in [0.2, 0.25) is 0 Å². The summed E-state index contributed by atoms with van der Waals surface area (Å²) in [5, 5.41) is 13.3. The van der Waals surface area contributed by atoms with Crippen LogP contribution in [0.3, 0.4) is 0 Å². The van der Waals surface area contributed by atoms with Crippen LogP contribution < -0.4 is 5.32 Å². The number of hydrogen-bond acceptors (Lipinski definition) is 4. The fraction of sp³-hybridized carbons (Fsp3) is 0.417. The minimum absolute atomic E-state index is 0.267. The molecule has 0 spiro atoms. The Morgan fingerprint density at radius 3 is 2.94 bits per heavy atom. The summed E-state index contributed by atoms with van der Waals surface area (Å²) in [6.07, 6.45) is -0.824. The summed E-state index contributed by atoms with van der Waals surface area (Å²) in [6, 6.07) is 4.04. The summed E-state index contributed by atoms with van der Waals surface area (Å²) >= 11 is 5.74. The summed E-state index contributed by atoms with van der Waals surface area (Å²) in [5.74, 6) is 0.295. The number of aliphatic hydroxyl groups excluding tert-OH is 1. The van der Waals surface area contributed by atoms with Crippen LogP contribution in [0.1, 0.15) is 11.7 Å². The average Bonchev–Trinajstić information content (AvgIpc) is 2.70. The van der Waals surface area contributed by atoms with Crippen molar-refractivity contribution in [3.05, 3.63) is 34.6 Å². The Labute approximate surface area is 110 Å². The predicted molar refractivity (Wildman–Crippen MR) is 69.3 cm³/mol. The van der Waals surface area contributed by atoms with Gasteiger partial charge in [-0.15, -0.1) is 0 Å². The normalized spacial score (nSPS) is 16.7. The van der Waals surface area contributed by atoms with Crippen molar-refractivity contribution in [1.82, 2.24) is 10.2 Å². The molecule has 4 nitrogen and oxygen atoms in total. The Hall–Kier alpha value is -1.33. The highest BCUT2D eigenvalue weighted by atomic mass is 35.5. The number of likely N-dealkylation sites (N-methyl/N-ethyl adjacent to an activating group) is 1. The molecule has 0 aromatic heterocycles. The summed E-state index contributed by atoms with van der Waals surface area (Å²) < 4.78 is 13.1. The van der Waals surface area contributed by atoms with E-state index in [-0.39, 0.29) is 11.6 Å². The molecular weight excluding hydrogens is 257 g/mol. The second-order valence-corrected chi connectivity index (χ2v) is 4.66. The first-order valence-electron chi connectivity index (χ1n) is 5.70. The van der Waals surface area contributed by atoms with E-state index in [1.165, 1.54) is 12.1 Å². The van der Waals surface area contributed by atoms with Crippen LogP contribution in [-0.4, -0.2) is 42.6 Å². The molecule has 98 valence electrons. The van der Waals surface area contributed by atoms with Crippen molar-refractivity contribution < 1.29 is 9.50 Å². The maximum atomic E-state index is 13.1. The molecule has 0 saturated carbocycles. The van der Waals surface area contributed by atoms with E-state index >= 15 is 0 Å². The summed E-state index contributed by atoms with van der Waals surface area (Å²) in [6.45, 7) is 1.88. The number of aliphatic hydroxyl groups is 1. The maximum Gasteiger partial charge on any atom is 0.193 e. The van der Waals surface area contributed by atoms with E-state index in [2.05, 4.69) is 10.3 Å². The van der Waals surface area contributed by atoms with Crippen LogP contribution in [-0.2, 0) is 0 Å². The molecule has 0 radical (unpaired) electrons. The molecule has 1 aromatic carbocycles. The van der Waals surface area contributed by atoms with Crippen LogP contribution in [0, 0.1) is 5.82 Å². The standard InChI is InChI=1S/C12H15ClFN3O/c1-17-3-2-15-12(17)16-7-11(18)8-4-9(13)6-10(14)5-8/h4-6,11,18H,2-3,7H2,1H3,(H,15,16).